The molecule has 2 fully saturated rings. The zero-order valence-electron chi connectivity index (χ0n) is 11.5. The number of benzene rings is 1. The molecule has 6 heteroatoms. The Kier molecular flexibility index (Phi) is 3.81. The first-order valence-corrected chi connectivity index (χ1v) is 8.57. The van der Waals surface area contributed by atoms with Gasteiger partial charge in [-0.05, 0) is 25.0 Å². The maximum Gasteiger partial charge on any atom is 0.243 e. The van der Waals surface area contributed by atoms with E-state index in [0.717, 1.165) is 32.5 Å². The molecule has 3 rings (SSSR count). The van der Waals surface area contributed by atoms with Crippen molar-refractivity contribution in [1.82, 2.24) is 14.9 Å². The van der Waals surface area contributed by atoms with E-state index in [1.54, 1.807) is 28.6 Å². The van der Waals surface area contributed by atoms with Gasteiger partial charge in [-0.15, -0.1) is 0 Å². The lowest BCUT2D eigenvalue weighted by Gasteiger charge is -2.44. The van der Waals surface area contributed by atoms with E-state index in [2.05, 4.69) is 10.6 Å². The Morgan fingerprint density at radius 1 is 1.05 bits per heavy atom. The van der Waals surface area contributed by atoms with Crippen LogP contribution in [0.25, 0.3) is 0 Å². The van der Waals surface area contributed by atoms with Gasteiger partial charge in [0.2, 0.25) is 10.0 Å². The van der Waals surface area contributed by atoms with E-state index in [-0.39, 0.29) is 5.54 Å². The number of sulfonamides is 1. The van der Waals surface area contributed by atoms with E-state index in [9.17, 15) is 8.42 Å². The number of rotatable bonds is 2. The van der Waals surface area contributed by atoms with Gasteiger partial charge in [0.15, 0.2) is 0 Å². The van der Waals surface area contributed by atoms with Crippen molar-refractivity contribution in [2.24, 2.45) is 0 Å². The first-order chi connectivity index (χ1) is 9.62. The summed E-state index contributed by atoms with van der Waals surface area (Å²) in [6.45, 7) is 4.07. The fourth-order valence-corrected chi connectivity index (χ4v) is 4.52. The van der Waals surface area contributed by atoms with Crippen molar-refractivity contribution in [2.45, 2.75) is 23.3 Å². The highest BCUT2D eigenvalue weighted by Crippen LogP contribution is 2.27. The Balaban J connectivity index is 1.72. The van der Waals surface area contributed by atoms with Crippen molar-refractivity contribution < 1.29 is 8.42 Å². The van der Waals surface area contributed by atoms with E-state index in [0.29, 0.717) is 18.0 Å². The molecule has 2 saturated heterocycles. The van der Waals surface area contributed by atoms with Crippen LogP contribution in [0.5, 0.6) is 0 Å². The molecule has 1 aromatic carbocycles. The molecule has 20 heavy (non-hydrogen) atoms. The van der Waals surface area contributed by atoms with Gasteiger partial charge >= 0.3 is 0 Å². The third-order valence-electron chi connectivity index (χ3n) is 4.33. The number of piperazine rings is 1. The number of nitrogens with zero attached hydrogens (tertiary/aromatic N) is 1. The lowest BCUT2D eigenvalue weighted by atomic mass is 9.87. The molecule has 2 heterocycles. The second-order valence-corrected chi connectivity index (χ2v) is 7.54. The van der Waals surface area contributed by atoms with Crippen molar-refractivity contribution in [1.29, 1.82) is 0 Å². The molecule has 0 saturated carbocycles. The molecular weight excluding hydrogens is 274 g/mol. The fourth-order valence-electron chi connectivity index (χ4n) is 3.06. The van der Waals surface area contributed by atoms with Gasteiger partial charge in [-0.1, -0.05) is 18.2 Å². The number of nitrogens with one attached hydrogen (secondary N) is 2. The Bertz CT molecular complexity index is 543. The minimum absolute atomic E-state index is 0.0843. The second-order valence-electron chi connectivity index (χ2n) is 5.60. The monoisotopic (exact) mass is 295 g/mol. The lowest BCUT2D eigenvalue weighted by molar-refractivity contribution is 0.169. The minimum atomic E-state index is -3.33. The molecule has 2 N–H and O–H groups in total. The molecule has 2 aliphatic rings. The summed E-state index contributed by atoms with van der Waals surface area (Å²) in [6, 6.07) is 8.71. The van der Waals surface area contributed by atoms with Gasteiger partial charge in [0.05, 0.1) is 4.90 Å². The van der Waals surface area contributed by atoms with Gasteiger partial charge in [0.1, 0.15) is 0 Å². The van der Waals surface area contributed by atoms with Crippen molar-refractivity contribution in [3.63, 3.8) is 0 Å². The van der Waals surface area contributed by atoms with Gasteiger partial charge < -0.3 is 10.6 Å². The van der Waals surface area contributed by atoms with Crippen LogP contribution >= 0.6 is 0 Å². The van der Waals surface area contributed by atoms with Crippen molar-refractivity contribution >= 4 is 10.0 Å². The number of hydrogen-bond acceptors (Lipinski definition) is 4. The smallest absolute Gasteiger partial charge is 0.243 e. The molecule has 110 valence electrons. The third-order valence-corrected chi connectivity index (χ3v) is 6.24. The number of hydrogen-bond donors (Lipinski definition) is 2. The molecule has 1 aromatic rings. The van der Waals surface area contributed by atoms with Crippen molar-refractivity contribution in [3.05, 3.63) is 30.3 Å². The SMILES string of the molecule is O=S(=O)(c1ccccc1)N1CCC2(CC1)CNCCN2. The zero-order chi connectivity index (χ0) is 14.1. The van der Waals surface area contributed by atoms with E-state index in [4.69, 9.17) is 0 Å². The summed E-state index contributed by atoms with van der Waals surface area (Å²) in [7, 11) is -3.33. The van der Waals surface area contributed by atoms with Crippen LogP contribution in [-0.2, 0) is 10.0 Å². The van der Waals surface area contributed by atoms with Crippen LogP contribution < -0.4 is 10.6 Å². The molecule has 0 aliphatic carbocycles. The molecule has 0 unspecified atom stereocenters. The van der Waals surface area contributed by atoms with E-state index < -0.39 is 10.0 Å². The Hall–Kier alpha value is -0.950. The summed E-state index contributed by atoms with van der Waals surface area (Å²) in [4.78, 5) is 0.394. The summed E-state index contributed by atoms with van der Waals surface area (Å²) in [6.07, 6.45) is 1.73. The minimum Gasteiger partial charge on any atom is -0.314 e. The van der Waals surface area contributed by atoms with E-state index in [1.807, 2.05) is 6.07 Å². The zero-order valence-corrected chi connectivity index (χ0v) is 12.3. The molecule has 0 amide bonds. The maximum absolute atomic E-state index is 12.5. The van der Waals surface area contributed by atoms with E-state index in [1.165, 1.54) is 0 Å². The number of piperidine rings is 1. The molecule has 0 atom stereocenters. The molecule has 2 aliphatic heterocycles. The normalized spacial score (nSPS) is 23.8. The maximum atomic E-state index is 12.5. The predicted octanol–water partition coefficient (Wildman–Crippen LogP) is 0.403. The first-order valence-electron chi connectivity index (χ1n) is 7.13. The fraction of sp³-hybridized carbons (Fsp3) is 0.571. The highest BCUT2D eigenvalue weighted by atomic mass is 32.2. The van der Waals surface area contributed by atoms with Gasteiger partial charge in [-0.25, -0.2) is 8.42 Å². The van der Waals surface area contributed by atoms with Crippen LogP contribution in [0.2, 0.25) is 0 Å². The quantitative estimate of drug-likeness (QED) is 0.829. The predicted molar refractivity (Wildman–Crippen MR) is 78.0 cm³/mol. The van der Waals surface area contributed by atoms with Gasteiger partial charge in [0, 0.05) is 38.3 Å². The van der Waals surface area contributed by atoms with Crippen LogP contribution in [-0.4, -0.2) is 51.0 Å². The second kappa shape index (κ2) is 5.44. The Morgan fingerprint density at radius 2 is 1.75 bits per heavy atom. The largest absolute Gasteiger partial charge is 0.314 e. The molecule has 0 aromatic heterocycles. The summed E-state index contributed by atoms with van der Waals surface area (Å²) >= 11 is 0. The Labute approximate surface area is 120 Å². The average Bonchev–Trinajstić information content (AvgIpc) is 2.49. The van der Waals surface area contributed by atoms with Crippen molar-refractivity contribution in [2.75, 3.05) is 32.7 Å². The highest BCUT2D eigenvalue weighted by Gasteiger charge is 2.38. The molecule has 0 bridgehead atoms. The first kappa shape index (κ1) is 14.0. The molecule has 5 nitrogen and oxygen atoms in total. The topological polar surface area (TPSA) is 61.4 Å². The molecule has 0 radical (unpaired) electrons. The summed E-state index contributed by atoms with van der Waals surface area (Å²) in [5, 5.41) is 6.96. The average molecular weight is 295 g/mol. The Morgan fingerprint density at radius 3 is 2.35 bits per heavy atom. The summed E-state index contributed by atoms with van der Waals surface area (Å²) in [5.41, 5.74) is 0.0843. The molecule has 1 spiro atoms. The summed E-state index contributed by atoms with van der Waals surface area (Å²) in [5.74, 6) is 0. The van der Waals surface area contributed by atoms with Crippen LogP contribution in [0.1, 0.15) is 12.8 Å². The lowest BCUT2D eigenvalue weighted by Crippen LogP contribution is -2.63. The van der Waals surface area contributed by atoms with Crippen LogP contribution in [0.4, 0.5) is 0 Å². The molecular formula is C14H21N3O2S. The highest BCUT2D eigenvalue weighted by molar-refractivity contribution is 7.89. The van der Waals surface area contributed by atoms with Crippen LogP contribution in [0.3, 0.4) is 0 Å². The van der Waals surface area contributed by atoms with Crippen LogP contribution in [0, 0.1) is 0 Å². The summed E-state index contributed by atoms with van der Waals surface area (Å²) < 4.78 is 26.7. The van der Waals surface area contributed by atoms with Gasteiger partial charge in [0.25, 0.3) is 0 Å². The van der Waals surface area contributed by atoms with Crippen LogP contribution in [0.15, 0.2) is 35.2 Å². The standard InChI is InChI=1S/C14H21N3O2S/c18-20(19,13-4-2-1-3-5-13)17-10-6-14(7-11-17)12-15-8-9-16-14/h1-5,15-16H,6-12H2. The third kappa shape index (κ3) is 2.61. The van der Waals surface area contributed by atoms with E-state index >= 15 is 0 Å². The van der Waals surface area contributed by atoms with Gasteiger partial charge in [-0.2, -0.15) is 4.31 Å². The van der Waals surface area contributed by atoms with Gasteiger partial charge in [-0.3, -0.25) is 0 Å². The van der Waals surface area contributed by atoms with Crippen molar-refractivity contribution in [3.8, 4) is 0 Å².